The lowest BCUT2D eigenvalue weighted by Gasteiger charge is -2.31. The highest BCUT2D eigenvalue weighted by Gasteiger charge is 2.19. The first kappa shape index (κ1) is 16.3. The molecule has 19 heavy (non-hydrogen) atoms. The number of rotatable bonds is 9. The quantitative estimate of drug-likeness (QED) is 0.741. The van der Waals surface area contributed by atoms with Crippen LogP contribution >= 0.6 is 0 Å². The molecule has 0 bridgehead atoms. The lowest BCUT2D eigenvalue weighted by Crippen LogP contribution is -2.42. The van der Waals surface area contributed by atoms with E-state index in [9.17, 15) is 0 Å². The number of hydrogen-bond acceptors (Lipinski definition) is 2. The van der Waals surface area contributed by atoms with Crippen molar-refractivity contribution in [3.05, 3.63) is 24.0 Å². The number of aromatic nitrogens is 1. The van der Waals surface area contributed by atoms with Gasteiger partial charge in [-0.1, -0.05) is 26.7 Å². The summed E-state index contributed by atoms with van der Waals surface area (Å²) in [7, 11) is 4.39. The minimum Gasteiger partial charge on any atom is -0.354 e. The summed E-state index contributed by atoms with van der Waals surface area (Å²) in [6, 6.07) is 2.83. The van der Waals surface area contributed by atoms with Crippen LogP contribution in [0.3, 0.4) is 0 Å². The van der Waals surface area contributed by atoms with Crippen LogP contribution in [0.25, 0.3) is 0 Å². The molecule has 0 aliphatic heterocycles. The van der Waals surface area contributed by atoms with Gasteiger partial charge in [-0.05, 0) is 38.6 Å². The minimum absolute atomic E-state index is 0.628. The van der Waals surface area contributed by atoms with Gasteiger partial charge in [0.25, 0.3) is 0 Å². The molecule has 0 aromatic carbocycles. The van der Waals surface area contributed by atoms with Crippen LogP contribution in [0.5, 0.6) is 0 Å². The van der Waals surface area contributed by atoms with Crippen molar-refractivity contribution in [3.63, 3.8) is 0 Å². The Kier molecular flexibility index (Phi) is 7.17. The Morgan fingerprint density at radius 2 is 1.89 bits per heavy atom. The highest BCUT2D eigenvalue weighted by atomic mass is 15.1. The first-order valence-electron chi connectivity index (χ1n) is 7.64. The second-order valence-electron chi connectivity index (χ2n) is 5.59. The van der Waals surface area contributed by atoms with Crippen LogP contribution in [0.4, 0.5) is 0 Å². The van der Waals surface area contributed by atoms with Crippen molar-refractivity contribution >= 4 is 0 Å². The van der Waals surface area contributed by atoms with Gasteiger partial charge in [0.05, 0.1) is 0 Å². The van der Waals surface area contributed by atoms with Crippen molar-refractivity contribution in [3.8, 4) is 0 Å². The molecule has 0 saturated heterocycles. The van der Waals surface area contributed by atoms with Crippen LogP contribution in [0.1, 0.15) is 39.2 Å². The zero-order valence-corrected chi connectivity index (χ0v) is 13.3. The SMILES string of the molecule is CCC(CC)C(CNCc1ccn(CC)c1)N(C)C. The standard InChI is InChI=1S/C16H31N3/c1-6-15(7-2)16(18(4)5)12-17-11-14-9-10-19(8-3)13-14/h9-10,13,15-17H,6-8,11-12H2,1-5H3. The molecule has 0 amide bonds. The third kappa shape index (κ3) is 5.00. The van der Waals surface area contributed by atoms with Crippen LogP contribution in [0.15, 0.2) is 18.5 Å². The fourth-order valence-electron chi connectivity index (χ4n) is 2.76. The summed E-state index contributed by atoms with van der Waals surface area (Å²) in [5.74, 6) is 0.780. The first-order chi connectivity index (χ1) is 9.12. The fourth-order valence-corrected chi connectivity index (χ4v) is 2.76. The summed E-state index contributed by atoms with van der Waals surface area (Å²) >= 11 is 0. The Labute approximate surface area is 119 Å². The number of nitrogens with zero attached hydrogens (tertiary/aromatic N) is 2. The van der Waals surface area contributed by atoms with E-state index in [0.29, 0.717) is 6.04 Å². The molecule has 1 heterocycles. The maximum Gasteiger partial charge on any atom is 0.0242 e. The second-order valence-corrected chi connectivity index (χ2v) is 5.59. The Bertz CT molecular complexity index is 340. The van der Waals surface area contributed by atoms with Gasteiger partial charge in [0, 0.05) is 38.1 Å². The topological polar surface area (TPSA) is 20.2 Å². The van der Waals surface area contributed by atoms with E-state index in [2.05, 4.69) is 68.1 Å². The molecule has 3 heteroatoms. The van der Waals surface area contributed by atoms with Gasteiger partial charge in [0.15, 0.2) is 0 Å². The van der Waals surface area contributed by atoms with E-state index in [1.165, 1.54) is 18.4 Å². The van der Waals surface area contributed by atoms with E-state index in [0.717, 1.165) is 25.6 Å². The van der Waals surface area contributed by atoms with Gasteiger partial charge in [-0.2, -0.15) is 0 Å². The fraction of sp³-hybridized carbons (Fsp3) is 0.750. The molecule has 1 rings (SSSR count). The van der Waals surface area contributed by atoms with Gasteiger partial charge in [0.1, 0.15) is 0 Å². The van der Waals surface area contributed by atoms with Crippen molar-refractivity contribution < 1.29 is 0 Å². The van der Waals surface area contributed by atoms with Gasteiger partial charge in [-0.3, -0.25) is 0 Å². The number of nitrogens with one attached hydrogen (secondary N) is 1. The maximum atomic E-state index is 3.61. The summed E-state index contributed by atoms with van der Waals surface area (Å²) in [5, 5.41) is 3.61. The molecular weight excluding hydrogens is 234 g/mol. The molecule has 0 aliphatic rings. The molecule has 0 aliphatic carbocycles. The molecule has 1 N–H and O–H groups in total. The average Bonchev–Trinajstić information content (AvgIpc) is 2.86. The molecule has 1 aromatic heterocycles. The van der Waals surface area contributed by atoms with E-state index in [4.69, 9.17) is 0 Å². The van der Waals surface area contributed by atoms with E-state index < -0.39 is 0 Å². The highest BCUT2D eigenvalue weighted by molar-refractivity contribution is 5.09. The van der Waals surface area contributed by atoms with Crippen LogP contribution in [0, 0.1) is 5.92 Å². The van der Waals surface area contributed by atoms with Gasteiger partial charge in [-0.25, -0.2) is 0 Å². The van der Waals surface area contributed by atoms with Crippen molar-refractivity contribution in [1.82, 2.24) is 14.8 Å². The van der Waals surface area contributed by atoms with Crippen molar-refractivity contribution in [2.45, 2.75) is 52.7 Å². The molecule has 1 unspecified atom stereocenters. The van der Waals surface area contributed by atoms with E-state index >= 15 is 0 Å². The predicted octanol–water partition coefficient (Wildman–Crippen LogP) is 2.96. The van der Waals surface area contributed by atoms with Gasteiger partial charge in [-0.15, -0.1) is 0 Å². The molecule has 0 fully saturated rings. The monoisotopic (exact) mass is 265 g/mol. The Morgan fingerprint density at radius 3 is 2.37 bits per heavy atom. The molecule has 1 aromatic rings. The normalized spacial score (nSPS) is 13.4. The number of likely N-dealkylation sites (N-methyl/N-ethyl adjacent to an activating group) is 1. The number of aryl methyl sites for hydroxylation is 1. The van der Waals surface area contributed by atoms with Gasteiger partial charge < -0.3 is 14.8 Å². The minimum atomic E-state index is 0.628. The van der Waals surface area contributed by atoms with Gasteiger partial charge in [0.2, 0.25) is 0 Å². The van der Waals surface area contributed by atoms with E-state index in [1.807, 2.05) is 0 Å². The largest absolute Gasteiger partial charge is 0.354 e. The smallest absolute Gasteiger partial charge is 0.0242 e. The molecule has 0 spiro atoms. The van der Waals surface area contributed by atoms with Crippen LogP contribution in [-0.2, 0) is 13.1 Å². The zero-order chi connectivity index (χ0) is 14.3. The summed E-state index contributed by atoms with van der Waals surface area (Å²) < 4.78 is 2.22. The lowest BCUT2D eigenvalue weighted by molar-refractivity contribution is 0.194. The van der Waals surface area contributed by atoms with E-state index in [-0.39, 0.29) is 0 Å². The van der Waals surface area contributed by atoms with E-state index in [1.54, 1.807) is 0 Å². The average molecular weight is 265 g/mol. The Balaban J connectivity index is 2.43. The lowest BCUT2D eigenvalue weighted by atomic mass is 9.93. The summed E-state index contributed by atoms with van der Waals surface area (Å²) in [4.78, 5) is 2.36. The molecule has 110 valence electrons. The summed E-state index contributed by atoms with van der Waals surface area (Å²) in [6.45, 7) is 9.85. The Hall–Kier alpha value is -0.800. The van der Waals surface area contributed by atoms with Crippen LogP contribution < -0.4 is 5.32 Å². The molecule has 0 saturated carbocycles. The van der Waals surface area contributed by atoms with Crippen molar-refractivity contribution in [2.24, 2.45) is 5.92 Å². The van der Waals surface area contributed by atoms with Crippen LogP contribution in [-0.4, -0.2) is 36.1 Å². The van der Waals surface area contributed by atoms with Crippen LogP contribution in [0.2, 0.25) is 0 Å². The second kappa shape index (κ2) is 8.39. The molecular formula is C16H31N3. The number of hydrogen-bond donors (Lipinski definition) is 1. The Morgan fingerprint density at radius 1 is 1.21 bits per heavy atom. The predicted molar refractivity (Wildman–Crippen MR) is 83.4 cm³/mol. The third-order valence-corrected chi connectivity index (χ3v) is 4.12. The van der Waals surface area contributed by atoms with Crippen molar-refractivity contribution in [1.29, 1.82) is 0 Å². The highest BCUT2D eigenvalue weighted by Crippen LogP contribution is 2.16. The molecule has 3 nitrogen and oxygen atoms in total. The summed E-state index contributed by atoms with van der Waals surface area (Å²) in [6.07, 6.45) is 6.90. The zero-order valence-electron chi connectivity index (χ0n) is 13.3. The maximum absolute atomic E-state index is 3.61. The van der Waals surface area contributed by atoms with Gasteiger partial charge >= 0.3 is 0 Å². The third-order valence-electron chi connectivity index (χ3n) is 4.12. The van der Waals surface area contributed by atoms with Crippen molar-refractivity contribution in [2.75, 3.05) is 20.6 Å². The molecule has 0 radical (unpaired) electrons. The molecule has 1 atom stereocenters. The summed E-state index contributed by atoms with van der Waals surface area (Å²) in [5.41, 5.74) is 1.38. The first-order valence-corrected chi connectivity index (χ1v) is 7.64.